The van der Waals surface area contributed by atoms with E-state index < -0.39 is 6.10 Å². The van der Waals surface area contributed by atoms with Crippen molar-refractivity contribution in [3.8, 4) is 11.8 Å². The Hall–Kier alpha value is -2.80. The number of hydrogen-bond donors (Lipinski definition) is 1. The fourth-order valence-electron chi connectivity index (χ4n) is 2.79. The number of para-hydroxylation sites is 1. The van der Waals surface area contributed by atoms with E-state index in [4.69, 9.17) is 10.00 Å². The van der Waals surface area contributed by atoms with Gasteiger partial charge in [-0.25, -0.2) is 0 Å². The standard InChI is InChI=1S/C22H26N2O2/c1-14(2)19-7-6-8-20(15(3)4)21(19)24-22(25)16(5)26-18-11-9-17(13-23)10-12-18/h6-12,14-16H,1-5H3,(H,24,25). The second-order valence-corrected chi connectivity index (χ2v) is 7.01. The summed E-state index contributed by atoms with van der Waals surface area (Å²) in [7, 11) is 0. The summed E-state index contributed by atoms with van der Waals surface area (Å²) in [5.74, 6) is 0.981. The minimum atomic E-state index is -0.650. The zero-order chi connectivity index (χ0) is 19.3. The van der Waals surface area contributed by atoms with Gasteiger partial charge in [-0.3, -0.25) is 4.79 Å². The van der Waals surface area contributed by atoms with Gasteiger partial charge in [0, 0.05) is 5.69 Å². The number of carbonyl (C=O) groups is 1. The molecule has 0 aliphatic carbocycles. The van der Waals surface area contributed by atoms with E-state index in [9.17, 15) is 4.79 Å². The van der Waals surface area contributed by atoms with Crippen molar-refractivity contribution in [2.45, 2.75) is 52.6 Å². The number of anilines is 1. The van der Waals surface area contributed by atoms with E-state index in [0.717, 1.165) is 16.8 Å². The highest BCUT2D eigenvalue weighted by molar-refractivity contribution is 5.95. The van der Waals surface area contributed by atoms with Crippen molar-refractivity contribution in [1.29, 1.82) is 5.26 Å². The molecule has 0 bridgehead atoms. The number of benzene rings is 2. The van der Waals surface area contributed by atoms with Crippen LogP contribution in [-0.4, -0.2) is 12.0 Å². The first-order chi connectivity index (χ1) is 12.3. The van der Waals surface area contributed by atoms with Crippen LogP contribution in [-0.2, 0) is 4.79 Å². The van der Waals surface area contributed by atoms with Crippen molar-refractivity contribution in [3.05, 3.63) is 59.2 Å². The Bertz CT molecular complexity index is 776. The molecule has 0 heterocycles. The molecule has 26 heavy (non-hydrogen) atoms. The summed E-state index contributed by atoms with van der Waals surface area (Å²) >= 11 is 0. The molecule has 4 heteroatoms. The van der Waals surface area contributed by atoms with Crippen LogP contribution in [0.5, 0.6) is 5.75 Å². The summed E-state index contributed by atoms with van der Waals surface area (Å²) < 4.78 is 5.73. The third-order valence-corrected chi connectivity index (χ3v) is 4.29. The third kappa shape index (κ3) is 4.64. The first-order valence-corrected chi connectivity index (χ1v) is 8.94. The van der Waals surface area contributed by atoms with Crippen LogP contribution in [0.4, 0.5) is 5.69 Å². The summed E-state index contributed by atoms with van der Waals surface area (Å²) in [4.78, 5) is 12.7. The molecule has 0 aliphatic heterocycles. The fourth-order valence-corrected chi connectivity index (χ4v) is 2.79. The Labute approximate surface area is 155 Å². The predicted octanol–water partition coefficient (Wildman–Crippen LogP) is 5.21. The van der Waals surface area contributed by atoms with Gasteiger partial charge >= 0.3 is 0 Å². The van der Waals surface area contributed by atoms with E-state index in [2.05, 4.69) is 51.2 Å². The molecule has 0 radical (unpaired) electrons. The molecule has 0 aliphatic rings. The smallest absolute Gasteiger partial charge is 0.265 e. The number of nitrogens with zero attached hydrogens (tertiary/aromatic N) is 1. The first-order valence-electron chi connectivity index (χ1n) is 8.94. The average Bonchev–Trinajstić information content (AvgIpc) is 2.62. The second kappa shape index (κ2) is 8.53. The molecule has 0 saturated heterocycles. The fraction of sp³-hybridized carbons (Fsp3) is 0.364. The molecule has 2 aromatic carbocycles. The van der Waals surface area contributed by atoms with Crippen molar-refractivity contribution in [2.75, 3.05) is 5.32 Å². The quantitative estimate of drug-likeness (QED) is 0.778. The molecule has 1 atom stereocenters. The third-order valence-electron chi connectivity index (χ3n) is 4.29. The molecule has 2 aromatic rings. The van der Waals surface area contributed by atoms with Gasteiger partial charge in [0.1, 0.15) is 5.75 Å². The number of rotatable bonds is 6. The van der Waals surface area contributed by atoms with Crippen LogP contribution in [0.1, 0.15) is 63.1 Å². The molecule has 1 N–H and O–H groups in total. The van der Waals surface area contributed by atoms with Crippen molar-refractivity contribution in [1.82, 2.24) is 0 Å². The van der Waals surface area contributed by atoms with Crippen LogP contribution < -0.4 is 10.1 Å². The van der Waals surface area contributed by atoms with Gasteiger partial charge in [-0.2, -0.15) is 5.26 Å². The first kappa shape index (κ1) is 19.5. The zero-order valence-corrected chi connectivity index (χ0v) is 16.0. The maximum Gasteiger partial charge on any atom is 0.265 e. The maximum absolute atomic E-state index is 12.7. The highest BCUT2D eigenvalue weighted by Crippen LogP contribution is 2.32. The van der Waals surface area contributed by atoms with E-state index in [-0.39, 0.29) is 5.91 Å². The number of hydrogen-bond acceptors (Lipinski definition) is 3. The van der Waals surface area contributed by atoms with Crippen LogP contribution in [0.15, 0.2) is 42.5 Å². The highest BCUT2D eigenvalue weighted by Gasteiger charge is 2.20. The van der Waals surface area contributed by atoms with Crippen molar-refractivity contribution in [2.24, 2.45) is 0 Å². The van der Waals surface area contributed by atoms with Crippen LogP contribution in [0.25, 0.3) is 0 Å². The number of ether oxygens (including phenoxy) is 1. The van der Waals surface area contributed by atoms with Gasteiger partial charge in [0.25, 0.3) is 5.91 Å². The Morgan fingerprint density at radius 1 is 0.962 bits per heavy atom. The Morgan fingerprint density at radius 2 is 1.50 bits per heavy atom. The lowest BCUT2D eigenvalue weighted by molar-refractivity contribution is -0.122. The van der Waals surface area contributed by atoms with E-state index in [1.54, 1.807) is 31.2 Å². The molecule has 0 aromatic heterocycles. The van der Waals surface area contributed by atoms with Crippen LogP contribution in [0.2, 0.25) is 0 Å². The zero-order valence-electron chi connectivity index (χ0n) is 16.0. The van der Waals surface area contributed by atoms with E-state index in [1.807, 2.05) is 6.07 Å². The minimum absolute atomic E-state index is 0.190. The highest BCUT2D eigenvalue weighted by atomic mass is 16.5. The molecule has 0 spiro atoms. The lowest BCUT2D eigenvalue weighted by Gasteiger charge is -2.22. The lowest BCUT2D eigenvalue weighted by Crippen LogP contribution is -2.31. The number of nitrogens with one attached hydrogen (secondary N) is 1. The largest absolute Gasteiger partial charge is 0.481 e. The van der Waals surface area contributed by atoms with Gasteiger partial charge < -0.3 is 10.1 Å². The van der Waals surface area contributed by atoms with Crippen LogP contribution >= 0.6 is 0 Å². The second-order valence-electron chi connectivity index (χ2n) is 7.01. The summed E-state index contributed by atoms with van der Waals surface area (Å²) in [5.41, 5.74) is 3.69. The van der Waals surface area contributed by atoms with Crippen molar-refractivity contribution < 1.29 is 9.53 Å². The molecule has 0 saturated carbocycles. The average molecular weight is 350 g/mol. The molecular weight excluding hydrogens is 324 g/mol. The monoisotopic (exact) mass is 350 g/mol. The number of nitriles is 1. The topological polar surface area (TPSA) is 62.1 Å². The Balaban J connectivity index is 2.19. The van der Waals surface area contributed by atoms with Gasteiger partial charge in [0.2, 0.25) is 0 Å². The number of carbonyl (C=O) groups excluding carboxylic acids is 1. The van der Waals surface area contributed by atoms with Crippen LogP contribution in [0, 0.1) is 11.3 Å². The molecular formula is C22H26N2O2. The van der Waals surface area contributed by atoms with E-state index in [1.165, 1.54) is 0 Å². The molecule has 1 amide bonds. The molecule has 4 nitrogen and oxygen atoms in total. The summed E-state index contributed by atoms with van der Waals surface area (Å²) in [6.07, 6.45) is -0.650. The van der Waals surface area contributed by atoms with Crippen molar-refractivity contribution >= 4 is 11.6 Å². The van der Waals surface area contributed by atoms with Crippen molar-refractivity contribution in [3.63, 3.8) is 0 Å². The lowest BCUT2D eigenvalue weighted by atomic mass is 9.92. The maximum atomic E-state index is 12.7. The van der Waals surface area contributed by atoms with Gasteiger partial charge in [-0.1, -0.05) is 45.9 Å². The van der Waals surface area contributed by atoms with E-state index in [0.29, 0.717) is 23.1 Å². The van der Waals surface area contributed by atoms with Crippen LogP contribution in [0.3, 0.4) is 0 Å². The molecule has 1 unspecified atom stereocenters. The summed E-state index contributed by atoms with van der Waals surface area (Å²) in [6.45, 7) is 10.2. The SMILES string of the molecule is CC(Oc1ccc(C#N)cc1)C(=O)Nc1c(C(C)C)cccc1C(C)C. The van der Waals surface area contributed by atoms with Gasteiger partial charge in [-0.05, 0) is 54.2 Å². The summed E-state index contributed by atoms with van der Waals surface area (Å²) in [6, 6.07) is 14.9. The van der Waals surface area contributed by atoms with Gasteiger partial charge in [-0.15, -0.1) is 0 Å². The summed E-state index contributed by atoms with van der Waals surface area (Å²) in [5, 5.41) is 11.9. The van der Waals surface area contributed by atoms with Gasteiger partial charge in [0.15, 0.2) is 6.10 Å². The van der Waals surface area contributed by atoms with E-state index >= 15 is 0 Å². The van der Waals surface area contributed by atoms with Gasteiger partial charge in [0.05, 0.1) is 11.6 Å². The Morgan fingerprint density at radius 3 is 1.96 bits per heavy atom. The predicted molar refractivity (Wildman–Crippen MR) is 104 cm³/mol. The minimum Gasteiger partial charge on any atom is -0.481 e. The molecule has 0 fully saturated rings. The molecule has 136 valence electrons. The normalized spacial score (nSPS) is 11.9. The number of amides is 1. The Kier molecular flexibility index (Phi) is 6.41. The molecule has 2 rings (SSSR count).